The van der Waals surface area contributed by atoms with E-state index in [0.717, 1.165) is 0 Å². The van der Waals surface area contributed by atoms with E-state index in [-0.39, 0.29) is 7.43 Å². The maximum absolute atomic E-state index is 3.72. The lowest BCUT2D eigenvalue weighted by atomic mass is 10.9. The monoisotopic (exact) mass is 242 g/mol. The number of hydrogen-bond donors (Lipinski definition) is 0. The normalized spacial score (nSPS) is 6.94. The standard InChI is InChI=1S/2C3H5N3.2C2H6.CH4/c1-6-3-2-4-5-6;1-6-4-2-3-5-6;2*1-2;/h2*2-3H,1H3;2*1-2H3;1H4. The van der Waals surface area contributed by atoms with Gasteiger partial charge in [0, 0.05) is 20.3 Å². The van der Waals surface area contributed by atoms with Crippen LogP contribution < -0.4 is 0 Å². The Hall–Kier alpha value is -1.72. The molecule has 0 aliphatic rings. The van der Waals surface area contributed by atoms with Crippen LogP contribution in [0.1, 0.15) is 35.1 Å². The molecule has 0 aliphatic carbocycles. The van der Waals surface area contributed by atoms with Crippen LogP contribution in [0.15, 0.2) is 24.8 Å². The van der Waals surface area contributed by atoms with E-state index in [1.807, 2.05) is 34.7 Å². The number of aryl methyl sites for hydroxylation is 2. The van der Waals surface area contributed by atoms with Crippen LogP contribution in [-0.4, -0.2) is 30.0 Å². The summed E-state index contributed by atoms with van der Waals surface area (Å²) >= 11 is 0. The van der Waals surface area contributed by atoms with E-state index in [2.05, 4.69) is 20.5 Å². The fourth-order valence-electron chi connectivity index (χ4n) is 0.550. The van der Waals surface area contributed by atoms with Gasteiger partial charge in [-0.25, -0.2) is 0 Å². The molecule has 0 radical (unpaired) electrons. The summed E-state index contributed by atoms with van der Waals surface area (Å²) in [4.78, 5) is 1.50. The maximum Gasteiger partial charge on any atom is 0.0692 e. The molecule has 0 aromatic carbocycles. The highest BCUT2D eigenvalue weighted by Gasteiger charge is 1.71. The largest absolute Gasteiger partial charge is 0.256 e. The van der Waals surface area contributed by atoms with Gasteiger partial charge in [-0.1, -0.05) is 40.3 Å². The Labute approximate surface area is 105 Å². The first kappa shape index (κ1) is 20.7. The summed E-state index contributed by atoms with van der Waals surface area (Å²) in [7, 11) is 3.60. The summed E-state index contributed by atoms with van der Waals surface area (Å²) in [6, 6.07) is 0. The molecule has 100 valence electrons. The Morgan fingerprint density at radius 2 is 1.29 bits per heavy atom. The van der Waals surface area contributed by atoms with Gasteiger partial charge in [0.05, 0.1) is 18.6 Å². The van der Waals surface area contributed by atoms with Crippen LogP contribution in [0, 0.1) is 0 Å². The Bertz CT molecular complexity index is 255. The van der Waals surface area contributed by atoms with Gasteiger partial charge >= 0.3 is 0 Å². The van der Waals surface area contributed by atoms with Crippen LogP contribution in [0.2, 0.25) is 0 Å². The van der Waals surface area contributed by atoms with E-state index < -0.39 is 0 Å². The fraction of sp³-hybridized carbons (Fsp3) is 0.636. The first-order chi connectivity index (χ1) is 7.79. The molecular weight excluding hydrogens is 216 g/mol. The number of rotatable bonds is 0. The van der Waals surface area contributed by atoms with E-state index in [4.69, 9.17) is 0 Å². The van der Waals surface area contributed by atoms with Gasteiger partial charge in [-0.2, -0.15) is 15.0 Å². The van der Waals surface area contributed by atoms with Gasteiger partial charge < -0.3 is 0 Å². The molecule has 0 saturated heterocycles. The molecular formula is C11H26N6. The average molecular weight is 242 g/mol. The van der Waals surface area contributed by atoms with Gasteiger partial charge in [0.2, 0.25) is 0 Å². The molecule has 0 aliphatic heterocycles. The van der Waals surface area contributed by atoms with E-state index in [0.29, 0.717) is 0 Å². The van der Waals surface area contributed by atoms with Crippen LogP contribution >= 0.6 is 0 Å². The van der Waals surface area contributed by atoms with Crippen LogP contribution in [-0.2, 0) is 14.1 Å². The molecule has 2 heterocycles. The van der Waals surface area contributed by atoms with Gasteiger partial charge in [0.25, 0.3) is 0 Å². The minimum atomic E-state index is 0. The van der Waals surface area contributed by atoms with Crippen molar-refractivity contribution in [2.75, 3.05) is 0 Å². The molecule has 6 heteroatoms. The van der Waals surface area contributed by atoms with Crippen LogP contribution in [0.5, 0.6) is 0 Å². The summed E-state index contributed by atoms with van der Waals surface area (Å²) in [5.74, 6) is 0. The zero-order valence-corrected chi connectivity index (χ0v) is 11.0. The summed E-state index contributed by atoms with van der Waals surface area (Å²) in [5.41, 5.74) is 0. The maximum atomic E-state index is 3.72. The lowest BCUT2D eigenvalue weighted by molar-refractivity contribution is 0.654. The molecule has 17 heavy (non-hydrogen) atoms. The van der Waals surface area contributed by atoms with Crippen molar-refractivity contribution in [1.29, 1.82) is 0 Å². The van der Waals surface area contributed by atoms with E-state index in [9.17, 15) is 0 Å². The lowest BCUT2D eigenvalue weighted by Gasteiger charge is -1.75. The molecule has 0 bridgehead atoms. The lowest BCUT2D eigenvalue weighted by Crippen LogP contribution is -1.89. The highest BCUT2D eigenvalue weighted by atomic mass is 15.4. The summed E-state index contributed by atoms with van der Waals surface area (Å²) in [6.07, 6.45) is 6.69. The second-order valence-electron chi connectivity index (χ2n) is 2.10. The van der Waals surface area contributed by atoms with E-state index in [1.165, 1.54) is 4.80 Å². The van der Waals surface area contributed by atoms with Crippen molar-refractivity contribution in [1.82, 2.24) is 30.0 Å². The third-order valence-corrected chi connectivity index (χ3v) is 1.08. The molecule has 0 fully saturated rings. The van der Waals surface area contributed by atoms with Crippen molar-refractivity contribution < 1.29 is 0 Å². The van der Waals surface area contributed by atoms with Crippen molar-refractivity contribution in [3.63, 3.8) is 0 Å². The van der Waals surface area contributed by atoms with Crippen molar-refractivity contribution in [3.8, 4) is 0 Å². The van der Waals surface area contributed by atoms with E-state index in [1.54, 1.807) is 36.5 Å². The summed E-state index contributed by atoms with van der Waals surface area (Å²) in [6.45, 7) is 8.00. The molecule has 0 amide bonds. The van der Waals surface area contributed by atoms with E-state index >= 15 is 0 Å². The van der Waals surface area contributed by atoms with Crippen LogP contribution in [0.4, 0.5) is 0 Å². The second kappa shape index (κ2) is 16.7. The first-order valence-corrected chi connectivity index (χ1v) is 5.39. The van der Waals surface area contributed by atoms with Crippen LogP contribution in [0.25, 0.3) is 0 Å². The van der Waals surface area contributed by atoms with Crippen molar-refractivity contribution >= 4 is 0 Å². The molecule has 6 nitrogen and oxygen atoms in total. The molecule has 2 rings (SSSR count). The zero-order valence-electron chi connectivity index (χ0n) is 11.0. The molecule has 0 unspecified atom stereocenters. The Morgan fingerprint density at radius 3 is 1.41 bits per heavy atom. The third kappa shape index (κ3) is 14.3. The van der Waals surface area contributed by atoms with Gasteiger partial charge in [-0.05, 0) is 0 Å². The Balaban J connectivity index is -0.000000171. The Kier molecular flexibility index (Phi) is 20.3. The van der Waals surface area contributed by atoms with Gasteiger partial charge in [0.15, 0.2) is 0 Å². The molecule has 0 saturated carbocycles. The van der Waals surface area contributed by atoms with Crippen molar-refractivity contribution in [3.05, 3.63) is 24.8 Å². The number of hydrogen-bond acceptors (Lipinski definition) is 4. The van der Waals surface area contributed by atoms with Gasteiger partial charge in [-0.15, -0.1) is 5.10 Å². The van der Waals surface area contributed by atoms with Gasteiger partial charge in [-0.3, -0.25) is 4.68 Å². The van der Waals surface area contributed by atoms with Crippen LogP contribution in [0.3, 0.4) is 0 Å². The molecule has 2 aromatic rings. The van der Waals surface area contributed by atoms with Gasteiger partial charge in [0.1, 0.15) is 0 Å². The minimum absolute atomic E-state index is 0. The SMILES string of the molecule is C.CC.CC.Cn1ccnn1.Cn1nccn1. The highest BCUT2D eigenvalue weighted by molar-refractivity contribution is 4.59. The van der Waals surface area contributed by atoms with Crippen molar-refractivity contribution in [2.24, 2.45) is 14.1 Å². The molecule has 0 N–H and O–H groups in total. The molecule has 0 atom stereocenters. The van der Waals surface area contributed by atoms with Crippen molar-refractivity contribution in [2.45, 2.75) is 35.1 Å². The molecule has 0 spiro atoms. The molecule has 2 aromatic heterocycles. The second-order valence-corrected chi connectivity index (χ2v) is 2.10. The number of aromatic nitrogens is 6. The quantitative estimate of drug-likeness (QED) is 0.711. The average Bonchev–Trinajstić information content (AvgIpc) is 2.98. The summed E-state index contributed by atoms with van der Waals surface area (Å²) in [5, 5.41) is 14.6. The zero-order chi connectivity index (χ0) is 12.8. The number of nitrogens with zero attached hydrogens (tertiary/aromatic N) is 6. The first-order valence-electron chi connectivity index (χ1n) is 5.39. The fourth-order valence-corrected chi connectivity index (χ4v) is 0.550. The smallest absolute Gasteiger partial charge is 0.0692 e. The third-order valence-electron chi connectivity index (χ3n) is 1.08. The predicted octanol–water partition coefficient (Wildman–Crippen LogP) is 2.32. The predicted molar refractivity (Wildman–Crippen MR) is 71.4 cm³/mol. The highest BCUT2D eigenvalue weighted by Crippen LogP contribution is 1.66. The minimum Gasteiger partial charge on any atom is -0.256 e. The topological polar surface area (TPSA) is 61.4 Å². The Morgan fingerprint density at radius 1 is 0.824 bits per heavy atom. The summed E-state index contributed by atoms with van der Waals surface area (Å²) < 4.78 is 1.64.